The highest BCUT2D eigenvalue weighted by Gasteiger charge is 2.24. The Bertz CT molecular complexity index is 697. The van der Waals surface area contributed by atoms with Gasteiger partial charge in [-0.1, -0.05) is 12.8 Å². The summed E-state index contributed by atoms with van der Waals surface area (Å²) in [6.45, 7) is 7.38. The number of rotatable bonds is 5. The van der Waals surface area contributed by atoms with E-state index in [0.717, 1.165) is 51.1 Å². The molecule has 0 radical (unpaired) electrons. The predicted octanol–water partition coefficient (Wildman–Crippen LogP) is 3.21. The van der Waals surface area contributed by atoms with Crippen molar-refractivity contribution in [2.75, 3.05) is 46.3 Å². The van der Waals surface area contributed by atoms with E-state index in [-0.39, 0.29) is 42.2 Å². The summed E-state index contributed by atoms with van der Waals surface area (Å²) in [5, 5.41) is 3.34. The van der Waals surface area contributed by atoms with Crippen molar-refractivity contribution in [3.05, 3.63) is 33.4 Å². The number of nitrogens with one attached hydrogen (secondary N) is 1. The second kappa shape index (κ2) is 12.6. The van der Waals surface area contributed by atoms with E-state index in [1.54, 1.807) is 11.9 Å². The highest BCUT2D eigenvalue weighted by atomic mass is 35.5. The summed E-state index contributed by atoms with van der Waals surface area (Å²) in [4.78, 5) is 29.5. The lowest BCUT2D eigenvalue weighted by molar-refractivity contribution is 0.0772. The summed E-state index contributed by atoms with van der Waals surface area (Å²) < 4.78 is 5.56. The average Bonchev–Trinajstić information content (AvgIpc) is 2.95. The van der Waals surface area contributed by atoms with Gasteiger partial charge >= 0.3 is 5.63 Å². The molecule has 2 saturated heterocycles. The van der Waals surface area contributed by atoms with Gasteiger partial charge in [0.2, 0.25) is 0 Å². The Morgan fingerprint density at radius 1 is 1.21 bits per heavy atom. The number of likely N-dealkylation sites (N-methyl/N-ethyl adjacent to an activating group) is 1. The van der Waals surface area contributed by atoms with Crippen molar-refractivity contribution in [3.63, 3.8) is 0 Å². The number of piperidine rings is 1. The van der Waals surface area contributed by atoms with Crippen molar-refractivity contribution in [1.82, 2.24) is 15.1 Å². The van der Waals surface area contributed by atoms with Gasteiger partial charge in [-0.25, -0.2) is 4.79 Å². The van der Waals surface area contributed by atoms with Crippen LogP contribution in [0.25, 0.3) is 0 Å². The van der Waals surface area contributed by atoms with Crippen molar-refractivity contribution in [2.24, 2.45) is 0 Å². The number of halogens is 2. The van der Waals surface area contributed by atoms with Crippen LogP contribution in [0.3, 0.4) is 0 Å². The maximum absolute atomic E-state index is 12.8. The Labute approximate surface area is 186 Å². The molecule has 0 saturated carbocycles. The zero-order chi connectivity index (χ0) is 19.2. The first kappa shape index (κ1) is 26.0. The van der Waals surface area contributed by atoms with Crippen LogP contribution in [0, 0.1) is 6.92 Å². The number of carbonyl (C=O) groups excluding carboxylic acids is 1. The summed E-state index contributed by atoms with van der Waals surface area (Å²) in [7, 11) is 1.78. The number of amides is 1. The first-order valence-corrected chi connectivity index (χ1v) is 10.4. The molecule has 1 N–H and O–H groups in total. The summed E-state index contributed by atoms with van der Waals surface area (Å²) >= 11 is 0. The van der Waals surface area contributed by atoms with Crippen LogP contribution in [-0.4, -0.2) is 62.0 Å². The largest absolute Gasteiger partial charge is 0.427 e. The molecule has 1 unspecified atom stereocenters. The maximum atomic E-state index is 12.8. The van der Waals surface area contributed by atoms with Crippen molar-refractivity contribution >= 4 is 30.7 Å². The van der Waals surface area contributed by atoms with E-state index >= 15 is 0 Å². The van der Waals surface area contributed by atoms with Gasteiger partial charge in [-0.3, -0.25) is 4.79 Å². The molecule has 1 amide bonds. The van der Waals surface area contributed by atoms with Gasteiger partial charge in [-0.15, -0.1) is 24.8 Å². The molecule has 2 aliphatic heterocycles. The number of nitrogens with zero attached hydrogens (tertiary/aromatic N) is 2. The van der Waals surface area contributed by atoms with E-state index in [1.807, 2.05) is 13.0 Å². The second-order valence-corrected chi connectivity index (χ2v) is 8.02. The van der Waals surface area contributed by atoms with Crippen LogP contribution >= 0.6 is 24.8 Å². The molecular formula is C21H35Cl2N3O3. The minimum atomic E-state index is -0.498. The average molecular weight is 448 g/mol. The number of hydrogen-bond acceptors (Lipinski definition) is 5. The fourth-order valence-electron chi connectivity index (χ4n) is 4.13. The van der Waals surface area contributed by atoms with E-state index in [4.69, 9.17) is 4.42 Å². The molecular weight excluding hydrogens is 413 g/mol. The standard InChI is InChI=1S/C21H33N3O3.2ClH/c1-16-14-18(17-8-7-9-22-15-17)27-21(26)19(16)20(25)23(2)12-13-24-10-5-3-4-6-11-24;;/h14,17,22H,3-13,15H2,1-2H3;2*1H. The van der Waals surface area contributed by atoms with Crippen LogP contribution in [0.5, 0.6) is 0 Å². The Morgan fingerprint density at radius 3 is 2.48 bits per heavy atom. The first-order chi connectivity index (χ1) is 13.1. The van der Waals surface area contributed by atoms with Crippen molar-refractivity contribution in [2.45, 2.75) is 51.4 Å². The maximum Gasteiger partial charge on any atom is 0.349 e. The zero-order valence-electron chi connectivity index (χ0n) is 17.6. The van der Waals surface area contributed by atoms with Crippen LogP contribution < -0.4 is 10.9 Å². The number of hydrogen-bond donors (Lipinski definition) is 1. The lowest BCUT2D eigenvalue weighted by Gasteiger charge is -2.25. The number of carbonyl (C=O) groups is 1. The number of aryl methyl sites for hydroxylation is 1. The minimum Gasteiger partial charge on any atom is -0.427 e. The van der Waals surface area contributed by atoms with Crippen molar-refractivity contribution in [3.8, 4) is 0 Å². The van der Waals surface area contributed by atoms with Crippen LogP contribution in [0.15, 0.2) is 15.3 Å². The third kappa shape index (κ3) is 6.99. The van der Waals surface area contributed by atoms with E-state index in [0.29, 0.717) is 12.3 Å². The molecule has 166 valence electrons. The quantitative estimate of drug-likeness (QED) is 0.750. The summed E-state index contributed by atoms with van der Waals surface area (Å²) in [5.74, 6) is 0.688. The second-order valence-electron chi connectivity index (χ2n) is 8.02. The van der Waals surface area contributed by atoms with Gasteiger partial charge < -0.3 is 19.5 Å². The first-order valence-electron chi connectivity index (χ1n) is 10.4. The highest BCUT2D eigenvalue weighted by Crippen LogP contribution is 2.23. The molecule has 0 spiro atoms. The molecule has 2 fully saturated rings. The molecule has 3 rings (SSSR count). The Balaban J connectivity index is 0.00000210. The molecule has 0 aromatic carbocycles. The Kier molecular flexibility index (Phi) is 11.3. The van der Waals surface area contributed by atoms with Crippen LogP contribution in [0.4, 0.5) is 0 Å². The SMILES string of the molecule is Cc1cc(C2CCCNC2)oc(=O)c1C(=O)N(C)CCN1CCCCCC1.Cl.Cl. The summed E-state index contributed by atoms with van der Waals surface area (Å²) in [6.07, 6.45) is 7.16. The van der Waals surface area contributed by atoms with E-state index in [9.17, 15) is 9.59 Å². The minimum absolute atomic E-state index is 0. The third-order valence-electron chi connectivity index (χ3n) is 5.88. The monoisotopic (exact) mass is 447 g/mol. The van der Waals surface area contributed by atoms with Gasteiger partial charge in [0, 0.05) is 32.6 Å². The van der Waals surface area contributed by atoms with Gasteiger partial charge in [0.15, 0.2) is 0 Å². The van der Waals surface area contributed by atoms with Gasteiger partial charge in [0.1, 0.15) is 11.3 Å². The summed E-state index contributed by atoms with van der Waals surface area (Å²) in [5.41, 5.74) is 0.404. The zero-order valence-corrected chi connectivity index (χ0v) is 19.2. The Hall–Kier alpha value is -1.08. The molecule has 0 bridgehead atoms. The van der Waals surface area contributed by atoms with Crippen LogP contribution in [0.2, 0.25) is 0 Å². The van der Waals surface area contributed by atoms with Gasteiger partial charge in [0.25, 0.3) is 5.91 Å². The van der Waals surface area contributed by atoms with Crippen molar-refractivity contribution in [1.29, 1.82) is 0 Å². The summed E-state index contributed by atoms with van der Waals surface area (Å²) in [6, 6.07) is 1.88. The molecule has 6 nitrogen and oxygen atoms in total. The molecule has 8 heteroatoms. The predicted molar refractivity (Wildman–Crippen MR) is 121 cm³/mol. The van der Waals surface area contributed by atoms with Gasteiger partial charge in [-0.2, -0.15) is 0 Å². The lowest BCUT2D eigenvalue weighted by atomic mass is 9.95. The Morgan fingerprint density at radius 2 is 1.90 bits per heavy atom. The van der Waals surface area contributed by atoms with Crippen LogP contribution in [-0.2, 0) is 0 Å². The lowest BCUT2D eigenvalue weighted by Crippen LogP contribution is -2.38. The normalized spacial score (nSPS) is 20.1. The molecule has 1 atom stereocenters. The molecule has 29 heavy (non-hydrogen) atoms. The van der Waals surface area contributed by atoms with E-state index < -0.39 is 5.63 Å². The number of likely N-dealkylation sites (tertiary alicyclic amines) is 1. The topological polar surface area (TPSA) is 65.8 Å². The molecule has 1 aromatic rings. The smallest absolute Gasteiger partial charge is 0.349 e. The molecule has 1 aromatic heterocycles. The molecule has 2 aliphatic rings. The van der Waals surface area contributed by atoms with Crippen LogP contribution in [0.1, 0.15) is 66.1 Å². The van der Waals surface area contributed by atoms with Crippen molar-refractivity contribution < 1.29 is 9.21 Å². The van der Waals surface area contributed by atoms with Gasteiger partial charge in [-0.05, 0) is 63.9 Å². The van der Waals surface area contributed by atoms with E-state index in [1.165, 1.54) is 25.7 Å². The van der Waals surface area contributed by atoms with E-state index in [2.05, 4.69) is 10.2 Å². The fraction of sp³-hybridized carbons (Fsp3) is 0.714. The van der Waals surface area contributed by atoms with Gasteiger partial charge in [0.05, 0.1) is 0 Å². The molecule has 3 heterocycles. The third-order valence-corrected chi connectivity index (χ3v) is 5.88. The fourth-order valence-corrected chi connectivity index (χ4v) is 4.13. The highest BCUT2D eigenvalue weighted by molar-refractivity contribution is 5.95. The molecule has 0 aliphatic carbocycles.